The highest BCUT2D eigenvalue weighted by atomic mass is 31.2. The fourth-order valence-electron chi connectivity index (χ4n) is 4.11. The molecule has 0 bridgehead atoms. The zero-order chi connectivity index (χ0) is 17.9. The normalized spacial score (nSPS) is 30.3. The Morgan fingerprint density at radius 1 is 1.12 bits per heavy atom. The van der Waals surface area contributed by atoms with Crippen molar-refractivity contribution in [2.45, 2.75) is 59.0 Å². The van der Waals surface area contributed by atoms with E-state index < -0.39 is 7.75 Å². The van der Waals surface area contributed by atoms with Crippen LogP contribution in [0.4, 0.5) is 0 Å². The fourth-order valence-corrected chi connectivity index (χ4v) is 6.15. The maximum atomic E-state index is 13.8. The lowest BCUT2D eigenvalue weighted by atomic mass is 9.75. The van der Waals surface area contributed by atoms with E-state index in [1.807, 2.05) is 35.0 Å². The second-order valence-corrected chi connectivity index (χ2v) is 9.90. The monoisotopic (exact) mass is 365 g/mol. The number of para-hydroxylation sites is 1. The summed E-state index contributed by atoms with van der Waals surface area (Å²) in [7, 11) is -3.33. The summed E-state index contributed by atoms with van der Waals surface area (Å²) >= 11 is 0. The Morgan fingerprint density at radius 2 is 1.80 bits per heavy atom. The minimum absolute atomic E-state index is 0.0129. The summed E-state index contributed by atoms with van der Waals surface area (Å²) in [6.07, 6.45) is 5.48. The Morgan fingerprint density at radius 3 is 2.44 bits per heavy atom. The van der Waals surface area contributed by atoms with Gasteiger partial charge in [-0.25, -0.2) is 4.57 Å². The van der Waals surface area contributed by atoms with Crippen LogP contribution >= 0.6 is 7.75 Å². The Balaban J connectivity index is 1.82. The first kappa shape index (κ1) is 18.9. The van der Waals surface area contributed by atoms with Gasteiger partial charge in [0, 0.05) is 13.1 Å². The molecule has 0 radical (unpaired) electrons. The lowest BCUT2D eigenvalue weighted by molar-refractivity contribution is 0.0297. The molecule has 1 heterocycles. The van der Waals surface area contributed by atoms with Gasteiger partial charge < -0.3 is 4.52 Å². The predicted octanol–water partition coefficient (Wildman–Crippen LogP) is 5.75. The molecular formula is C20H32NO3P. The van der Waals surface area contributed by atoms with Gasteiger partial charge in [-0.15, -0.1) is 0 Å². The number of hydrogen-bond acceptors (Lipinski definition) is 3. The van der Waals surface area contributed by atoms with Crippen LogP contribution in [0, 0.1) is 17.8 Å². The Labute approximate surface area is 152 Å². The van der Waals surface area contributed by atoms with Crippen molar-refractivity contribution in [3.8, 4) is 5.75 Å². The van der Waals surface area contributed by atoms with Gasteiger partial charge in [0.1, 0.15) is 5.75 Å². The summed E-state index contributed by atoms with van der Waals surface area (Å²) in [4.78, 5) is 0. The minimum Gasteiger partial charge on any atom is -0.413 e. The first-order chi connectivity index (χ1) is 12.0. The van der Waals surface area contributed by atoms with Gasteiger partial charge in [-0.1, -0.05) is 45.4 Å². The van der Waals surface area contributed by atoms with Gasteiger partial charge in [-0.05, 0) is 55.6 Å². The Hall–Kier alpha value is -0.830. The van der Waals surface area contributed by atoms with E-state index in [9.17, 15) is 4.57 Å². The molecule has 1 unspecified atom stereocenters. The van der Waals surface area contributed by atoms with Crippen molar-refractivity contribution in [3.05, 3.63) is 30.3 Å². The molecule has 1 aromatic rings. The van der Waals surface area contributed by atoms with Crippen molar-refractivity contribution in [3.63, 3.8) is 0 Å². The maximum Gasteiger partial charge on any atom is 0.461 e. The lowest BCUT2D eigenvalue weighted by Gasteiger charge is -2.39. The van der Waals surface area contributed by atoms with Crippen molar-refractivity contribution in [1.29, 1.82) is 0 Å². The summed E-state index contributed by atoms with van der Waals surface area (Å²) in [5.74, 6) is 2.22. The van der Waals surface area contributed by atoms with Gasteiger partial charge in [0.05, 0.1) is 6.10 Å². The molecule has 1 aromatic carbocycles. The van der Waals surface area contributed by atoms with Crippen LogP contribution in [0.2, 0.25) is 0 Å². The molecule has 5 heteroatoms. The van der Waals surface area contributed by atoms with Gasteiger partial charge in [0.15, 0.2) is 0 Å². The van der Waals surface area contributed by atoms with Crippen LogP contribution in [0.1, 0.15) is 52.9 Å². The van der Waals surface area contributed by atoms with Crippen LogP contribution in [0.3, 0.4) is 0 Å². The molecular weight excluding hydrogens is 333 g/mol. The molecule has 1 saturated carbocycles. The number of nitrogens with zero attached hydrogens (tertiary/aromatic N) is 1. The molecule has 1 saturated heterocycles. The summed E-state index contributed by atoms with van der Waals surface area (Å²) < 4.78 is 28.1. The SMILES string of the molecule is CC(C)[C@@H]1CC[C@H](C)C[C@H]1OP(=O)(Oc1ccccc1)N1CCCC1. The van der Waals surface area contributed by atoms with E-state index in [-0.39, 0.29) is 6.10 Å². The molecule has 25 heavy (non-hydrogen) atoms. The molecule has 4 atom stereocenters. The second-order valence-electron chi connectivity index (χ2n) is 8.00. The largest absolute Gasteiger partial charge is 0.461 e. The summed E-state index contributed by atoms with van der Waals surface area (Å²) in [5, 5.41) is 0. The van der Waals surface area contributed by atoms with E-state index in [1.165, 1.54) is 6.42 Å². The third kappa shape index (κ3) is 4.67. The van der Waals surface area contributed by atoms with Crippen LogP contribution in [0.5, 0.6) is 5.75 Å². The molecule has 140 valence electrons. The molecule has 1 aliphatic heterocycles. The Bertz CT molecular complexity index is 586. The Kier molecular flexibility index (Phi) is 6.25. The second kappa shape index (κ2) is 8.24. The van der Waals surface area contributed by atoms with Gasteiger partial charge in [0.2, 0.25) is 0 Å². The topological polar surface area (TPSA) is 38.8 Å². The minimum atomic E-state index is -3.33. The number of rotatable bonds is 6. The third-order valence-electron chi connectivity index (χ3n) is 5.62. The summed E-state index contributed by atoms with van der Waals surface area (Å²) in [6.45, 7) is 8.34. The van der Waals surface area contributed by atoms with Gasteiger partial charge >= 0.3 is 7.75 Å². The molecule has 0 amide bonds. The van der Waals surface area contributed by atoms with E-state index in [1.54, 1.807) is 0 Å². The molecule has 2 fully saturated rings. The van der Waals surface area contributed by atoms with Gasteiger partial charge in [-0.2, -0.15) is 4.67 Å². The third-order valence-corrected chi connectivity index (χ3v) is 7.69. The average Bonchev–Trinajstić information content (AvgIpc) is 3.10. The summed E-state index contributed by atoms with van der Waals surface area (Å²) in [5.41, 5.74) is 0. The first-order valence-electron chi connectivity index (χ1n) is 9.76. The zero-order valence-corrected chi connectivity index (χ0v) is 16.7. The number of benzene rings is 1. The van der Waals surface area contributed by atoms with Crippen molar-refractivity contribution < 1.29 is 13.6 Å². The van der Waals surface area contributed by atoms with Crippen molar-refractivity contribution >= 4 is 7.75 Å². The van der Waals surface area contributed by atoms with Crippen LogP contribution in [0.25, 0.3) is 0 Å². The summed E-state index contributed by atoms with van der Waals surface area (Å²) in [6, 6.07) is 9.46. The van der Waals surface area contributed by atoms with E-state index in [2.05, 4.69) is 20.8 Å². The van der Waals surface area contributed by atoms with E-state index >= 15 is 0 Å². The molecule has 0 N–H and O–H groups in total. The van der Waals surface area contributed by atoms with Crippen molar-refractivity contribution in [2.75, 3.05) is 13.1 Å². The standard InChI is InChI=1S/C20H32NO3P/c1-16(2)19-12-11-17(3)15-20(19)24-25(22,21-13-7-8-14-21)23-18-9-5-4-6-10-18/h4-6,9-10,16-17,19-20H,7-8,11-15H2,1-3H3/t17-,19-,20+,25?/m0/s1. The number of hydrogen-bond donors (Lipinski definition) is 0. The zero-order valence-electron chi connectivity index (χ0n) is 15.8. The smallest absolute Gasteiger partial charge is 0.413 e. The molecule has 0 aromatic heterocycles. The highest BCUT2D eigenvalue weighted by molar-refractivity contribution is 7.51. The lowest BCUT2D eigenvalue weighted by Crippen LogP contribution is -2.36. The van der Waals surface area contributed by atoms with Gasteiger partial charge in [-0.3, -0.25) is 4.52 Å². The predicted molar refractivity (Wildman–Crippen MR) is 102 cm³/mol. The molecule has 3 rings (SSSR count). The van der Waals surface area contributed by atoms with Crippen LogP contribution in [-0.2, 0) is 9.09 Å². The molecule has 1 aliphatic carbocycles. The quantitative estimate of drug-likeness (QED) is 0.602. The van der Waals surface area contributed by atoms with E-state index in [0.717, 1.165) is 38.8 Å². The molecule has 2 aliphatic rings. The van der Waals surface area contributed by atoms with Crippen LogP contribution < -0.4 is 4.52 Å². The van der Waals surface area contributed by atoms with Gasteiger partial charge in [0.25, 0.3) is 0 Å². The highest BCUT2D eigenvalue weighted by Crippen LogP contribution is 2.56. The fraction of sp³-hybridized carbons (Fsp3) is 0.700. The van der Waals surface area contributed by atoms with E-state index in [4.69, 9.17) is 9.05 Å². The van der Waals surface area contributed by atoms with Crippen LogP contribution in [0.15, 0.2) is 30.3 Å². The highest BCUT2D eigenvalue weighted by Gasteiger charge is 2.43. The van der Waals surface area contributed by atoms with Crippen LogP contribution in [-0.4, -0.2) is 23.9 Å². The average molecular weight is 365 g/mol. The van der Waals surface area contributed by atoms with E-state index in [0.29, 0.717) is 23.5 Å². The van der Waals surface area contributed by atoms with Crippen molar-refractivity contribution in [1.82, 2.24) is 4.67 Å². The first-order valence-corrected chi connectivity index (χ1v) is 11.3. The van der Waals surface area contributed by atoms with Crippen molar-refractivity contribution in [2.24, 2.45) is 17.8 Å². The molecule has 4 nitrogen and oxygen atoms in total. The molecule has 0 spiro atoms. The maximum absolute atomic E-state index is 13.8.